The Bertz CT molecular complexity index is 973. The highest BCUT2D eigenvalue weighted by Crippen LogP contribution is 2.23. The van der Waals surface area contributed by atoms with Gasteiger partial charge in [0.2, 0.25) is 0 Å². The molecule has 6 heteroatoms. The summed E-state index contributed by atoms with van der Waals surface area (Å²) >= 11 is 1.42. The third-order valence-corrected chi connectivity index (χ3v) is 4.66. The molecule has 0 aliphatic rings. The molecule has 0 radical (unpaired) electrons. The van der Waals surface area contributed by atoms with Gasteiger partial charge in [-0.05, 0) is 48.9 Å². The zero-order valence-corrected chi connectivity index (χ0v) is 15.9. The number of carbonyl (C=O) groups is 1. The molecule has 27 heavy (non-hydrogen) atoms. The van der Waals surface area contributed by atoms with Gasteiger partial charge in [-0.2, -0.15) is 4.99 Å². The van der Waals surface area contributed by atoms with Crippen molar-refractivity contribution in [1.82, 2.24) is 4.57 Å². The molecule has 2 amide bonds. The molecule has 1 aromatic heterocycles. The van der Waals surface area contributed by atoms with Gasteiger partial charge in [-0.15, -0.1) is 17.9 Å². The third kappa shape index (κ3) is 4.74. The van der Waals surface area contributed by atoms with E-state index in [9.17, 15) is 4.79 Å². The number of benzene rings is 2. The van der Waals surface area contributed by atoms with Crippen LogP contribution in [0.5, 0.6) is 5.75 Å². The Kier molecular flexibility index (Phi) is 6.22. The van der Waals surface area contributed by atoms with E-state index in [1.807, 2.05) is 71.5 Å². The number of anilines is 1. The monoisotopic (exact) mass is 379 g/mol. The number of aromatic nitrogens is 1. The number of nitrogens with one attached hydrogen (secondary N) is 1. The molecule has 5 nitrogen and oxygen atoms in total. The first-order valence-electron chi connectivity index (χ1n) is 8.64. The van der Waals surface area contributed by atoms with Crippen LogP contribution in [-0.2, 0) is 6.54 Å². The lowest BCUT2D eigenvalue weighted by atomic mass is 10.1. The summed E-state index contributed by atoms with van der Waals surface area (Å²) in [5.74, 6) is 0.832. The fourth-order valence-electron chi connectivity index (χ4n) is 2.60. The minimum absolute atomic E-state index is 0.404. The number of hydrogen-bond acceptors (Lipinski definition) is 3. The van der Waals surface area contributed by atoms with Crippen LogP contribution in [0.1, 0.15) is 6.92 Å². The van der Waals surface area contributed by atoms with E-state index in [2.05, 4.69) is 16.9 Å². The van der Waals surface area contributed by atoms with Crippen LogP contribution >= 0.6 is 11.3 Å². The van der Waals surface area contributed by atoms with Gasteiger partial charge in [0, 0.05) is 17.6 Å². The average molecular weight is 379 g/mol. The van der Waals surface area contributed by atoms with Gasteiger partial charge in [0.1, 0.15) is 5.75 Å². The first-order chi connectivity index (χ1) is 13.2. The van der Waals surface area contributed by atoms with Crippen LogP contribution in [0.25, 0.3) is 11.3 Å². The Balaban J connectivity index is 1.90. The van der Waals surface area contributed by atoms with Crippen molar-refractivity contribution in [3.63, 3.8) is 0 Å². The van der Waals surface area contributed by atoms with Crippen molar-refractivity contribution in [3.05, 3.63) is 77.4 Å². The molecule has 138 valence electrons. The number of nitrogens with zero attached hydrogens (tertiary/aromatic N) is 2. The number of para-hydroxylation sites is 1. The van der Waals surface area contributed by atoms with Crippen LogP contribution in [0.4, 0.5) is 10.5 Å². The maximum atomic E-state index is 12.3. The van der Waals surface area contributed by atoms with Crippen molar-refractivity contribution in [3.8, 4) is 17.0 Å². The van der Waals surface area contributed by atoms with Crippen molar-refractivity contribution < 1.29 is 9.53 Å². The number of hydrogen-bond donors (Lipinski definition) is 1. The number of urea groups is 1. The number of rotatable bonds is 6. The fraction of sp³-hybridized carbons (Fsp3) is 0.143. The summed E-state index contributed by atoms with van der Waals surface area (Å²) in [6, 6.07) is 16.7. The molecule has 0 aliphatic carbocycles. The van der Waals surface area contributed by atoms with Gasteiger partial charge in [0.05, 0.1) is 12.3 Å². The number of carbonyl (C=O) groups excluding carboxylic acids is 1. The van der Waals surface area contributed by atoms with E-state index in [1.54, 1.807) is 6.08 Å². The number of thiazole rings is 1. The molecule has 0 atom stereocenters. The minimum Gasteiger partial charge on any atom is -0.494 e. The summed E-state index contributed by atoms with van der Waals surface area (Å²) in [6.45, 7) is 6.97. The molecule has 0 bridgehead atoms. The van der Waals surface area contributed by atoms with E-state index < -0.39 is 6.03 Å². The molecule has 0 fully saturated rings. The lowest BCUT2D eigenvalue weighted by molar-refractivity contribution is 0.259. The summed E-state index contributed by atoms with van der Waals surface area (Å²) in [4.78, 5) is 17.1. The molecule has 1 N–H and O–H groups in total. The van der Waals surface area contributed by atoms with Gasteiger partial charge < -0.3 is 14.6 Å². The lowest BCUT2D eigenvalue weighted by Gasteiger charge is -2.08. The Morgan fingerprint density at radius 3 is 2.63 bits per heavy atom. The largest absolute Gasteiger partial charge is 0.494 e. The van der Waals surface area contributed by atoms with E-state index >= 15 is 0 Å². The van der Waals surface area contributed by atoms with E-state index in [1.165, 1.54) is 11.3 Å². The second-order valence-corrected chi connectivity index (χ2v) is 6.50. The van der Waals surface area contributed by atoms with Crippen LogP contribution < -0.4 is 14.9 Å². The van der Waals surface area contributed by atoms with Crippen LogP contribution in [0.2, 0.25) is 0 Å². The minimum atomic E-state index is -0.404. The van der Waals surface area contributed by atoms with Crippen molar-refractivity contribution in [1.29, 1.82) is 0 Å². The maximum Gasteiger partial charge on any atom is 0.348 e. The molecule has 0 saturated carbocycles. The van der Waals surface area contributed by atoms with Gasteiger partial charge in [0.25, 0.3) is 0 Å². The van der Waals surface area contributed by atoms with E-state index in [0.717, 1.165) is 17.0 Å². The summed E-state index contributed by atoms with van der Waals surface area (Å²) in [7, 11) is 0. The Morgan fingerprint density at radius 2 is 1.96 bits per heavy atom. The normalized spacial score (nSPS) is 11.2. The van der Waals surface area contributed by atoms with Crippen molar-refractivity contribution in [2.24, 2.45) is 4.99 Å². The Labute approximate surface area is 162 Å². The predicted molar refractivity (Wildman–Crippen MR) is 110 cm³/mol. The van der Waals surface area contributed by atoms with E-state index in [4.69, 9.17) is 4.74 Å². The fourth-order valence-corrected chi connectivity index (χ4v) is 3.52. The lowest BCUT2D eigenvalue weighted by Crippen LogP contribution is -2.19. The predicted octanol–water partition coefficient (Wildman–Crippen LogP) is 4.93. The molecule has 0 saturated heterocycles. The summed E-state index contributed by atoms with van der Waals surface area (Å²) in [5.41, 5.74) is 2.72. The highest BCUT2D eigenvalue weighted by molar-refractivity contribution is 7.07. The van der Waals surface area contributed by atoms with Crippen LogP contribution in [0.15, 0.2) is 77.6 Å². The second-order valence-electron chi connectivity index (χ2n) is 5.67. The quantitative estimate of drug-likeness (QED) is 0.617. The van der Waals surface area contributed by atoms with Gasteiger partial charge >= 0.3 is 6.03 Å². The van der Waals surface area contributed by atoms with Crippen LogP contribution in [0.3, 0.4) is 0 Å². The molecular formula is C21H21N3O2S. The van der Waals surface area contributed by atoms with E-state index in [0.29, 0.717) is 23.6 Å². The van der Waals surface area contributed by atoms with Gasteiger partial charge in [-0.3, -0.25) is 0 Å². The summed E-state index contributed by atoms with van der Waals surface area (Å²) in [6.07, 6.45) is 1.79. The molecule has 0 spiro atoms. The first kappa shape index (κ1) is 18.7. The van der Waals surface area contributed by atoms with Gasteiger partial charge in [-0.1, -0.05) is 24.3 Å². The van der Waals surface area contributed by atoms with Crippen LogP contribution in [0, 0.1) is 0 Å². The van der Waals surface area contributed by atoms with Crippen LogP contribution in [-0.4, -0.2) is 17.2 Å². The summed E-state index contributed by atoms with van der Waals surface area (Å²) < 4.78 is 7.47. The standard InChI is InChI=1S/C21H21N3O2S/c1-3-14-24-19(16-10-12-18(13-11-16)26-4-2)15-27-21(24)23-20(25)22-17-8-6-5-7-9-17/h3,5-13,15H,1,4,14H2,2H3,(H,22,25)/b23-21-. The van der Waals surface area contributed by atoms with Crippen molar-refractivity contribution in [2.75, 3.05) is 11.9 Å². The second kappa shape index (κ2) is 9.00. The molecule has 3 rings (SSSR count). The zero-order valence-electron chi connectivity index (χ0n) is 15.1. The number of allylic oxidation sites excluding steroid dienone is 1. The molecule has 1 heterocycles. The zero-order chi connectivity index (χ0) is 19.1. The smallest absolute Gasteiger partial charge is 0.348 e. The molecule has 0 aliphatic heterocycles. The van der Waals surface area contributed by atoms with Crippen molar-refractivity contribution >= 4 is 23.1 Å². The molecule has 3 aromatic rings. The third-order valence-electron chi connectivity index (χ3n) is 3.79. The van der Waals surface area contributed by atoms with Gasteiger partial charge in [-0.25, -0.2) is 4.79 Å². The maximum absolute atomic E-state index is 12.3. The molecule has 0 unspecified atom stereocenters. The number of ether oxygens (including phenoxy) is 1. The van der Waals surface area contributed by atoms with E-state index in [-0.39, 0.29) is 0 Å². The highest BCUT2D eigenvalue weighted by atomic mass is 32.1. The molecular weight excluding hydrogens is 358 g/mol. The average Bonchev–Trinajstić information content (AvgIpc) is 3.06. The summed E-state index contributed by atoms with van der Waals surface area (Å²) in [5, 5.41) is 4.77. The SMILES string of the molecule is C=CCn1c(-c2ccc(OCC)cc2)cs/c1=N\C(=O)Nc1ccccc1. The van der Waals surface area contributed by atoms with Crippen molar-refractivity contribution in [2.45, 2.75) is 13.5 Å². The molecule has 2 aromatic carbocycles. The van der Waals surface area contributed by atoms with Gasteiger partial charge in [0.15, 0.2) is 4.80 Å². The first-order valence-corrected chi connectivity index (χ1v) is 9.52. The number of amides is 2. The Morgan fingerprint density at radius 1 is 1.22 bits per heavy atom. The topological polar surface area (TPSA) is 55.6 Å². The Hall–Kier alpha value is -3.12. The highest BCUT2D eigenvalue weighted by Gasteiger charge is 2.09.